The maximum atomic E-state index is 11.0. The standard InChI is InChI=1S/C21H30O4/c1-4-21(25)17(23)11-15-12-5-6-14-18(24)16(22)8-9-19(14,2)13(12)7-10-20(15,21)3/h1,6,12-13,15-18,22-25H,5,7-11H2,2-3H3/t12-,13+,15+,16-,17-,18+,19-,20+,21+/m1/s1. The van der Waals surface area contributed by atoms with Gasteiger partial charge in [-0.05, 0) is 67.3 Å². The van der Waals surface area contributed by atoms with Crippen LogP contribution in [0.4, 0.5) is 0 Å². The highest BCUT2D eigenvalue weighted by Gasteiger charge is 2.67. The van der Waals surface area contributed by atoms with Crippen molar-refractivity contribution in [3.05, 3.63) is 11.6 Å². The predicted octanol–water partition coefficient (Wildman–Crippen LogP) is 1.62. The summed E-state index contributed by atoms with van der Waals surface area (Å²) in [6, 6.07) is 0. The van der Waals surface area contributed by atoms with Crippen molar-refractivity contribution in [2.24, 2.45) is 28.6 Å². The molecule has 0 unspecified atom stereocenters. The molecule has 138 valence electrons. The lowest BCUT2D eigenvalue weighted by Gasteiger charge is -2.58. The molecule has 25 heavy (non-hydrogen) atoms. The van der Waals surface area contributed by atoms with Crippen LogP contribution < -0.4 is 0 Å². The van der Waals surface area contributed by atoms with Crippen molar-refractivity contribution >= 4 is 0 Å². The Labute approximate surface area is 150 Å². The fourth-order valence-corrected chi connectivity index (χ4v) is 7.00. The number of fused-ring (bicyclic) bond motifs is 5. The number of hydrogen-bond acceptors (Lipinski definition) is 4. The molecule has 0 aromatic heterocycles. The second kappa shape index (κ2) is 5.33. The topological polar surface area (TPSA) is 80.9 Å². The molecule has 3 saturated carbocycles. The van der Waals surface area contributed by atoms with Gasteiger partial charge >= 0.3 is 0 Å². The van der Waals surface area contributed by atoms with Crippen LogP contribution in [0.2, 0.25) is 0 Å². The van der Waals surface area contributed by atoms with Crippen LogP contribution in [0.25, 0.3) is 0 Å². The highest BCUT2D eigenvalue weighted by molar-refractivity contribution is 5.32. The van der Waals surface area contributed by atoms with E-state index in [2.05, 4.69) is 18.9 Å². The molecule has 9 atom stereocenters. The largest absolute Gasteiger partial charge is 0.390 e. The van der Waals surface area contributed by atoms with Gasteiger partial charge in [0.05, 0.1) is 12.2 Å². The van der Waals surface area contributed by atoms with E-state index in [9.17, 15) is 20.4 Å². The van der Waals surface area contributed by atoms with Gasteiger partial charge in [0.1, 0.15) is 6.10 Å². The van der Waals surface area contributed by atoms with Crippen molar-refractivity contribution in [3.8, 4) is 12.3 Å². The molecule has 3 fully saturated rings. The Kier molecular flexibility index (Phi) is 3.74. The zero-order valence-electron chi connectivity index (χ0n) is 15.2. The second-order valence-electron chi connectivity index (χ2n) is 9.36. The molecule has 0 amide bonds. The molecule has 0 heterocycles. The van der Waals surface area contributed by atoms with Gasteiger partial charge in [-0.25, -0.2) is 0 Å². The number of aliphatic hydroxyl groups excluding tert-OH is 3. The average Bonchev–Trinajstić information content (AvgIpc) is 2.79. The molecule has 0 spiro atoms. The minimum absolute atomic E-state index is 0.106. The average molecular weight is 346 g/mol. The summed E-state index contributed by atoms with van der Waals surface area (Å²) in [5, 5.41) is 42.1. The Morgan fingerprint density at radius 1 is 1.12 bits per heavy atom. The molecule has 4 N–H and O–H groups in total. The molecule has 4 nitrogen and oxygen atoms in total. The van der Waals surface area contributed by atoms with Crippen molar-refractivity contribution in [2.75, 3.05) is 0 Å². The van der Waals surface area contributed by atoms with Crippen molar-refractivity contribution in [3.63, 3.8) is 0 Å². The summed E-state index contributed by atoms with van der Waals surface area (Å²) in [5.41, 5.74) is -1.01. The molecule has 4 rings (SSSR count). The predicted molar refractivity (Wildman–Crippen MR) is 94.3 cm³/mol. The van der Waals surface area contributed by atoms with E-state index in [1.165, 1.54) is 0 Å². The smallest absolute Gasteiger partial charge is 0.156 e. The van der Waals surface area contributed by atoms with E-state index in [-0.39, 0.29) is 11.3 Å². The molecule has 0 radical (unpaired) electrons. The number of rotatable bonds is 0. The first kappa shape index (κ1) is 17.5. The second-order valence-corrected chi connectivity index (χ2v) is 9.36. The highest BCUT2D eigenvalue weighted by Crippen LogP contribution is 2.66. The molecule has 4 heteroatoms. The van der Waals surface area contributed by atoms with Gasteiger partial charge < -0.3 is 20.4 Å². The number of terminal acetylenes is 1. The van der Waals surface area contributed by atoms with Gasteiger partial charge in [-0.3, -0.25) is 0 Å². The third-order valence-electron chi connectivity index (χ3n) is 8.61. The van der Waals surface area contributed by atoms with Crippen LogP contribution in [-0.4, -0.2) is 44.3 Å². The van der Waals surface area contributed by atoms with Gasteiger partial charge in [-0.1, -0.05) is 25.8 Å². The third kappa shape index (κ3) is 1.99. The summed E-state index contributed by atoms with van der Waals surface area (Å²) in [4.78, 5) is 0. The first-order valence-electron chi connectivity index (χ1n) is 9.64. The molecule has 0 bridgehead atoms. The summed E-state index contributed by atoms with van der Waals surface area (Å²) >= 11 is 0. The van der Waals surface area contributed by atoms with E-state index in [1.807, 2.05) is 6.92 Å². The quantitative estimate of drug-likeness (QED) is 0.397. The van der Waals surface area contributed by atoms with Crippen molar-refractivity contribution < 1.29 is 20.4 Å². The summed E-state index contributed by atoms with van der Waals surface area (Å²) in [7, 11) is 0. The van der Waals surface area contributed by atoms with Crippen LogP contribution in [0.1, 0.15) is 52.4 Å². The number of allylic oxidation sites excluding steroid dienone is 1. The number of hydrogen-bond donors (Lipinski definition) is 4. The summed E-state index contributed by atoms with van der Waals surface area (Å²) in [5.74, 6) is 3.46. The van der Waals surface area contributed by atoms with E-state index < -0.39 is 29.3 Å². The van der Waals surface area contributed by atoms with E-state index in [4.69, 9.17) is 6.42 Å². The molecule has 0 aliphatic heterocycles. The number of aliphatic hydroxyl groups is 4. The van der Waals surface area contributed by atoms with E-state index in [0.29, 0.717) is 24.7 Å². The van der Waals surface area contributed by atoms with Crippen molar-refractivity contribution in [1.29, 1.82) is 0 Å². The molecular weight excluding hydrogens is 316 g/mol. The van der Waals surface area contributed by atoms with Crippen LogP contribution in [0.5, 0.6) is 0 Å². The maximum Gasteiger partial charge on any atom is 0.156 e. The highest BCUT2D eigenvalue weighted by atomic mass is 16.3. The van der Waals surface area contributed by atoms with Crippen molar-refractivity contribution in [2.45, 2.75) is 76.3 Å². The first-order valence-corrected chi connectivity index (χ1v) is 9.64. The summed E-state index contributed by atoms with van der Waals surface area (Å²) < 4.78 is 0. The summed E-state index contributed by atoms with van der Waals surface area (Å²) in [6.45, 7) is 4.27. The van der Waals surface area contributed by atoms with Crippen LogP contribution in [0.15, 0.2) is 11.6 Å². The summed E-state index contributed by atoms with van der Waals surface area (Å²) in [6.07, 6.45) is 10.1. The molecule has 0 aromatic rings. The minimum atomic E-state index is -1.45. The minimum Gasteiger partial charge on any atom is -0.390 e. The Bertz CT molecular complexity index is 651. The van der Waals surface area contributed by atoms with Gasteiger partial charge in [0, 0.05) is 5.41 Å². The van der Waals surface area contributed by atoms with Gasteiger partial charge in [0.25, 0.3) is 0 Å². The SMILES string of the molecule is C#C[C@]1(O)[C@H](O)C[C@H]2[C@@H]3CC=C4[C@H](O)[C@H](O)CC[C@]4(C)[C@H]3CC[C@@]21C. The lowest BCUT2D eigenvalue weighted by molar-refractivity contribution is -0.123. The van der Waals surface area contributed by atoms with Gasteiger partial charge in [0.2, 0.25) is 0 Å². The third-order valence-corrected chi connectivity index (χ3v) is 8.61. The van der Waals surface area contributed by atoms with Crippen LogP contribution in [0, 0.1) is 40.9 Å². The van der Waals surface area contributed by atoms with Gasteiger partial charge in [-0.15, -0.1) is 6.42 Å². The Morgan fingerprint density at radius 2 is 1.84 bits per heavy atom. The van der Waals surface area contributed by atoms with Crippen LogP contribution in [0.3, 0.4) is 0 Å². The first-order chi connectivity index (χ1) is 11.7. The molecule has 0 saturated heterocycles. The molecule has 0 aromatic carbocycles. The monoisotopic (exact) mass is 346 g/mol. The molecule has 4 aliphatic rings. The fourth-order valence-electron chi connectivity index (χ4n) is 7.00. The van der Waals surface area contributed by atoms with Gasteiger partial charge in [-0.2, -0.15) is 0 Å². The lowest BCUT2D eigenvalue weighted by Crippen LogP contribution is -2.57. The van der Waals surface area contributed by atoms with Crippen LogP contribution >= 0.6 is 0 Å². The van der Waals surface area contributed by atoms with E-state index in [1.54, 1.807) is 0 Å². The lowest BCUT2D eigenvalue weighted by atomic mass is 9.46. The Hall–Kier alpha value is -0.860. The normalized spacial score (nSPS) is 57.7. The van der Waals surface area contributed by atoms with Gasteiger partial charge in [0.15, 0.2) is 5.60 Å². The van der Waals surface area contributed by atoms with Crippen molar-refractivity contribution in [1.82, 2.24) is 0 Å². The Balaban J connectivity index is 1.73. The maximum absolute atomic E-state index is 11.0. The Morgan fingerprint density at radius 3 is 2.52 bits per heavy atom. The zero-order chi connectivity index (χ0) is 18.2. The molecular formula is C21H30O4. The van der Waals surface area contributed by atoms with E-state index >= 15 is 0 Å². The molecule has 4 aliphatic carbocycles. The van der Waals surface area contributed by atoms with Crippen LogP contribution in [-0.2, 0) is 0 Å². The fraction of sp³-hybridized carbons (Fsp3) is 0.810. The van der Waals surface area contributed by atoms with E-state index in [0.717, 1.165) is 31.3 Å². The zero-order valence-corrected chi connectivity index (χ0v) is 15.2.